The van der Waals surface area contributed by atoms with E-state index in [2.05, 4.69) is 9.97 Å². The molecule has 1 atom stereocenters. The second kappa shape index (κ2) is 4.23. The van der Waals surface area contributed by atoms with Gasteiger partial charge in [-0.2, -0.15) is 0 Å². The van der Waals surface area contributed by atoms with Gasteiger partial charge in [0.05, 0.1) is 13.2 Å². The number of hydrogen-bond acceptors (Lipinski definition) is 4. The quantitative estimate of drug-likeness (QED) is 0.749. The van der Waals surface area contributed by atoms with Crippen LogP contribution < -0.4 is 10.3 Å². The molecule has 1 aliphatic rings. The zero-order valence-electron chi connectivity index (χ0n) is 7.73. The lowest BCUT2D eigenvalue weighted by Crippen LogP contribution is -2.18. The van der Waals surface area contributed by atoms with Gasteiger partial charge in [0.2, 0.25) is 0 Å². The Labute approximate surface area is 81.1 Å². The van der Waals surface area contributed by atoms with E-state index >= 15 is 0 Å². The zero-order chi connectivity index (χ0) is 9.80. The van der Waals surface area contributed by atoms with Crippen molar-refractivity contribution in [1.82, 2.24) is 9.97 Å². The fraction of sp³-hybridized carbons (Fsp3) is 0.556. The molecule has 14 heavy (non-hydrogen) atoms. The Morgan fingerprint density at radius 2 is 2.64 bits per heavy atom. The van der Waals surface area contributed by atoms with Crippen molar-refractivity contribution < 1.29 is 9.47 Å². The molecule has 1 aliphatic heterocycles. The number of aromatic nitrogens is 2. The molecular formula is C9H12N2O3. The number of H-pyrrole nitrogens is 1. The lowest BCUT2D eigenvalue weighted by atomic mass is 10.1. The summed E-state index contributed by atoms with van der Waals surface area (Å²) in [5, 5.41) is 0. The molecule has 1 fully saturated rings. The summed E-state index contributed by atoms with van der Waals surface area (Å²) in [6.07, 6.45) is 3.97. The first-order valence-electron chi connectivity index (χ1n) is 4.60. The van der Waals surface area contributed by atoms with Gasteiger partial charge >= 0.3 is 5.56 Å². The highest BCUT2D eigenvalue weighted by atomic mass is 16.5. The van der Waals surface area contributed by atoms with E-state index < -0.39 is 0 Å². The zero-order valence-corrected chi connectivity index (χ0v) is 7.73. The van der Waals surface area contributed by atoms with E-state index in [1.54, 1.807) is 0 Å². The smallest absolute Gasteiger partial charge is 0.310 e. The predicted molar refractivity (Wildman–Crippen MR) is 49.3 cm³/mol. The molecule has 0 spiro atoms. The van der Waals surface area contributed by atoms with Crippen LogP contribution in [0.2, 0.25) is 0 Å². The second-order valence-corrected chi connectivity index (χ2v) is 3.26. The minimum atomic E-state index is -0.286. The summed E-state index contributed by atoms with van der Waals surface area (Å²) in [5.74, 6) is 0.524. The number of hydrogen-bond donors (Lipinski definition) is 1. The maximum Gasteiger partial charge on any atom is 0.310 e. The molecular weight excluding hydrogens is 184 g/mol. The average Bonchev–Trinajstić information content (AvgIpc) is 2.69. The normalized spacial score (nSPS) is 21.0. The van der Waals surface area contributed by atoms with E-state index in [0.717, 1.165) is 13.0 Å². The molecule has 1 aromatic rings. The van der Waals surface area contributed by atoms with Crippen molar-refractivity contribution in [2.24, 2.45) is 5.92 Å². The highest BCUT2D eigenvalue weighted by Gasteiger charge is 2.16. The minimum absolute atomic E-state index is 0.138. The van der Waals surface area contributed by atoms with Crippen molar-refractivity contribution in [1.29, 1.82) is 0 Å². The van der Waals surface area contributed by atoms with E-state index in [-0.39, 0.29) is 11.4 Å². The van der Waals surface area contributed by atoms with Crippen LogP contribution in [0.25, 0.3) is 0 Å². The largest absolute Gasteiger partial charge is 0.473 e. The maximum absolute atomic E-state index is 11.1. The Morgan fingerprint density at radius 3 is 3.36 bits per heavy atom. The fourth-order valence-electron chi connectivity index (χ4n) is 1.35. The summed E-state index contributed by atoms with van der Waals surface area (Å²) in [6, 6.07) is 0. The number of ether oxygens (including phenoxy) is 2. The van der Waals surface area contributed by atoms with E-state index in [0.29, 0.717) is 19.1 Å². The highest BCUT2D eigenvalue weighted by Crippen LogP contribution is 2.12. The predicted octanol–water partition coefficient (Wildman–Crippen LogP) is 0.185. The molecule has 1 saturated heterocycles. The molecule has 5 nitrogen and oxygen atoms in total. The molecule has 0 amide bonds. The first-order chi connectivity index (χ1) is 6.86. The van der Waals surface area contributed by atoms with Gasteiger partial charge in [-0.1, -0.05) is 0 Å². The van der Waals surface area contributed by atoms with Gasteiger partial charge in [0.15, 0.2) is 0 Å². The Kier molecular flexibility index (Phi) is 2.78. The molecule has 0 saturated carbocycles. The molecule has 1 unspecified atom stereocenters. The molecule has 0 bridgehead atoms. The number of aromatic amines is 1. The van der Waals surface area contributed by atoms with Crippen LogP contribution in [0.4, 0.5) is 0 Å². The molecule has 0 aromatic carbocycles. The van der Waals surface area contributed by atoms with E-state index in [1.807, 2.05) is 0 Å². The lowest BCUT2D eigenvalue weighted by Gasteiger charge is -2.07. The number of rotatable bonds is 3. The van der Waals surface area contributed by atoms with Crippen LogP contribution in [0.15, 0.2) is 17.2 Å². The van der Waals surface area contributed by atoms with Crippen LogP contribution in [-0.2, 0) is 4.74 Å². The van der Waals surface area contributed by atoms with Crippen LogP contribution in [0, 0.1) is 5.92 Å². The summed E-state index contributed by atoms with van der Waals surface area (Å²) < 4.78 is 10.5. The van der Waals surface area contributed by atoms with Crippen LogP contribution in [0.1, 0.15) is 6.42 Å². The van der Waals surface area contributed by atoms with Crippen LogP contribution in [0.3, 0.4) is 0 Å². The first kappa shape index (κ1) is 9.21. The molecule has 1 N–H and O–H groups in total. The third-order valence-electron chi connectivity index (χ3n) is 2.15. The van der Waals surface area contributed by atoms with Crippen LogP contribution in [-0.4, -0.2) is 29.8 Å². The van der Waals surface area contributed by atoms with Gasteiger partial charge in [0, 0.05) is 24.9 Å². The monoisotopic (exact) mass is 196 g/mol. The Morgan fingerprint density at radius 1 is 1.71 bits per heavy atom. The lowest BCUT2D eigenvalue weighted by molar-refractivity contribution is 0.165. The minimum Gasteiger partial charge on any atom is -0.473 e. The summed E-state index contributed by atoms with van der Waals surface area (Å²) in [5.41, 5.74) is -0.286. The third-order valence-corrected chi connectivity index (χ3v) is 2.15. The Balaban J connectivity index is 1.91. The van der Waals surface area contributed by atoms with Crippen molar-refractivity contribution in [2.45, 2.75) is 6.42 Å². The van der Waals surface area contributed by atoms with Gasteiger partial charge in [0.1, 0.15) is 0 Å². The molecule has 0 aliphatic carbocycles. The Hall–Kier alpha value is -1.36. The van der Waals surface area contributed by atoms with E-state index in [9.17, 15) is 4.79 Å². The molecule has 76 valence electrons. The van der Waals surface area contributed by atoms with Gasteiger partial charge < -0.3 is 14.5 Å². The van der Waals surface area contributed by atoms with Crippen LogP contribution in [0.5, 0.6) is 5.88 Å². The van der Waals surface area contributed by atoms with Gasteiger partial charge in [-0.25, -0.2) is 4.98 Å². The molecule has 5 heteroatoms. The molecule has 2 rings (SSSR count). The van der Waals surface area contributed by atoms with Gasteiger partial charge in [-0.3, -0.25) is 4.79 Å². The average molecular weight is 196 g/mol. The van der Waals surface area contributed by atoms with Gasteiger partial charge in [-0.15, -0.1) is 0 Å². The third kappa shape index (κ3) is 2.11. The van der Waals surface area contributed by atoms with Crippen molar-refractivity contribution >= 4 is 0 Å². The van der Waals surface area contributed by atoms with Gasteiger partial charge in [0.25, 0.3) is 5.88 Å². The summed E-state index contributed by atoms with van der Waals surface area (Å²) in [6.45, 7) is 2.00. The summed E-state index contributed by atoms with van der Waals surface area (Å²) in [4.78, 5) is 17.5. The standard InChI is InChI=1S/C9H12N2O3/c12-8-9(11-3-2-10-8)14-6-7-1-4-13-5-7/h2-3,7H,1,4-6H2,(H,10,12). The van der Waals surface area contributed by atoms with Crippen molar-refractivity contribution in [2.75, 3.05) is 19.8 Å². The second-order valence-electron chi connectivity index (χ2n) is 3.26. The van der Waals surface area contributed by atoms with E-state index in [4.69, 9.17) is 9.47 Å². The highest BCUT2D eigenvalue weighted by molar-refractivity contribution is 5.02. The van der Waals surface area contributed by atoms with Crippen molar-refractivity contribution in [3.05, 3.63) is 22.7 Å². The topological polar surface area (TPSA) is 64.2 Å². The van der Waals surface area contributed by atoms with Crippen molar-refractivity contribution in [3.8, 4) is 5.88 Å². The molecule has 1 aromatic heterocycles. The summed E-state index contributed by atoms with van der Waals surface area (Å²) >= 11 is 0. The first-order valence-corrected chi connectivity index (χ1v) is 4.60. The molecule has 2 heterocycles. The fourth-order valence-corrected chi connectivity index (χ4v) is 1.35. The Bertz CT molecular complexity index is 344. The van der Waals surface area contributed by atoms with Crippen LogP contribution >= 0.6 is 0 Å². The van der Waals surface area contributed by atoms with Crippen molar-refractivity contribution in [3.63, 3.8) is 0 Å². The number of nitrogens with zero attached hydrogens (tertiary/aromatic N) is 1. The molecule has 0 radical (unpaired) electrons. The SMILES string of the molecule is O=c1[nH]ccnc1OCC1CCOC1. The van der Waals surface area contributed by atoms with E-state index in [1.165, 1.54) is 12.4 Å². The maximum atomic E-state index is 11.1. The number of nitrogens with one attached hydrogen (secondary N) is 1. The summed E-state index contributed by atoms with van der Waals surface area (Å²) in [7, 11) is 0. The van der Waals surface area contributed by atoms with Gasteiger partial charge in [-0.05, 0) is 6.42 Å².